The van der Waals surface area contributed by atoms with Crippen molar-refractivity contribution in [2.24, 2.45) is 5.92 Å². The third-order valence-corrected chi connectivity index (χ3v) is 7.43. The zero-order valence-corrected chi connectivity index (χ0v) is 20.1. The number of fused-ring (bicyclic) bond motifs is 6. The first-order chi connectivity index (χ1) is 17.3. The first kappa shape index (κ1) is 21.5. The van der Waals surface area contributed by atoms with Crippen LogP contribution in [-0.4, -0.2) is 11.0 Å². The maximum absolute atomic E-state index is 3.64. The number of hydrogen-bond acceptors (Lipinski definition) is 1. The second-order valence-corrected chi connectivity index (χ2v) is 9.56. The summed E-state index contributed by atoms with van der Waals surface area (Å²) in [6.07, 6.45) is 13.0. The van der Waals surface area contributed by atoms with Gasteiger partial charge in [-0.1, -0.05) is 85.8 Å². The third kappa shape index (κ3) is 3.49. The summed E-state index contributed by atoms with van der Waals surface area (Å²) in [4.78, 5) is 6.17. The molecule has 1 aliphatic heterocycles. The van der Waals surface area contributed by atoms with E-state index in [-0.39, 0.29) is 6.04 Å². The third-order valence-electron chi connectivity index (χ3n) is 7.43. The molecule has 0 spiro atoms. The fourth-order valence-corrected chi connectivity index (χ4v) is 5.86. The molecule has 3 unspecified atom stereocenters. The predicted molar refractivity (Wildman–Crippen MR) is 150 cm³/mol. The van der Waals surface area contributed by atoms with Crippen molar-refractivity contribution in [2.75, 3.05) is 4.90 Å². The van der Waals surface area contributed by atoms with Crippen molar-refractivity contribution in [1.82, 2.24) is 4.98 Å². The molecule has 3 aromatic carbocycles. The van der Waals surface area contributed by atoms with Gasteiger partial charge in [-0.15, -0.1) is 13.2 Å². The van der Waals surface area contributed by atoms with Gasteiger partial charge in [0.2, 0.25) is 0 Å². The Bertz CT molecular complexity index is 1580. The van der Waals surface area contributed by atoms with Gasteiger partial charge in [0.25, 0.3) is 0 Å². The van der Waals surface area contributed by atoms with Crippen molar-refractivity contribution < 1.29 is 0 Å². The SMILES string of the molecule is C=C.CC1C=C(c2ccc(N3c4ccccc4C4C=c5[nH]c6ccccc6c5=CC43)cc2)C=CC1. The van der Waals surface area contributed by atoms with Crippen molar-refractivity contribution in [3.8, 4) is 0 Å². The number of hydrogen-bond donors (Lipinski definition) is 1. The van der Waals surface area contributed by atoms with Gasteiger partial charge >= 0.3 is 0 Å². The molecule has 2 aliphatic carbocycles. The minimum Gasteiger partial charge on any atom is -0.355 e. The molecule has 172 valence electrons. The molecule has 0 radical (unpaired) electrons. The highest BCUT2D eigenvalue weighted by molar-refractivity contribution is 5.86. The number of nitrogens with zero attached hydrogens (tertiary/aromatic N) is 1. The van der Waals surface area contributed by atoms with Gasteiger partial charge in [0.15, 0.2) is 0 Å². The first-order valence-corrected chi connectivity index (χ1v) is 12.4. The standard InChI is InChI=1S/C31H26N2.C2H4/c1-20-7-6-8-22(17-20)21-13-15-23(16-14-21)33-30-12-5-3-10-25(30)27-18-29-26(19-31(27)33)24-9-2-4-11-28(24)32-29;1-2/h2-6,8-20,27,31-32H,7H2,1H3;1-2H2. The van der Waals surface area contributed by atoms with E-state index in [4.69, 9.17) is 0 Å². The summed E-state index contributed by atoms with van der Waals surface area (Å²) in [6, 6.07) is 26.9. The molecule has 3 atom stereocenters. The summed E-state index contributed by atoms with van der Waals surface area (Å²) in [5.74, 6) is 0.944. The molecule has 0 saturated carbocycles. The highest BCUT2D eigenvalue weighted by Crippen LogP contribution is 2.47. The molecule has 1 aromatic heterocycles. The van der Waals surface area contributed by atoms with Crippen LogP contribution in [0.15, 0.2) is 104 Å². The van der Waals surface area contributed by atoms with E-state index in [2.05, 4.69) is 133 Å². The van der Waals surface area contributed by atoms with Crippen molar-refractivity contribution in [2.45, 2.75) is 25.3 Å². The lowest BCUT2D eigenvalue weighted by molar-refractivity contribution is 0.740. The van der Waals surface area contributed by atoms with Crippen LogP contribution in [0.5, 0.6) is 0 Å². The second kappa shape index (κ2) is 8.63. The van der Waals surface area contributed by atoms with Crippen molar-refractivity contribution in [3.05, 3.63) is 126 Å². The molecule has 1 N–H and O–H groups in total. The van der Waals surface area contributed by atoms with E-state index in [1.165, 1.54) is 49.5 Å². The summed E-state index contributed by atoms with van der Waals surface area (Å²) < 4.78 is 0. The minimum absolute atomic E-state index is 0.272. The van der Waals surface area contributed by atoms with Crippen LogP contribution in [0.4, 0.5) is 11.4 Å². The van der Waals surface area contributed by atoms with Gasteiger partial charge in [0, 0.05) is 38.8 Å². The molecular formula is C33H30N2. The fourth-order valence-electron chi connectivity index (χ4n) is 5.86. The van der Waals surface area contributed by atoms with Gasteiger partial charge in [-0.05, 0) is 53.3 Å². The number of benzene rings is 3. The molecule has 0 bridgehead atoms. The van der Waals surface area contributed by atoms with Crippen LogP contribution < -0.4 is 15.5 Å². The molecule has 35 heavy (non-hydrogen) atoms. The van der Waals surface area contributed by atoms with Gasteiger partial charge in [0.1, 0.15) is 0 Å². The van der Waals surface area contributed by atoms with Gasteiger partial charge in [-0.25, -0.2) is 0 Å². The van der Waals surface area contributed by atoms with Crippen LogP contribution in [-0.2, 0) is 0 Å². The van der Waals surface area contributed by atoms with E-state index in [0.717, 1.165) is 6.42 Å². The Hall–Kier alpha value is -4.04. The molecule has 0 saturated heterocycles. The lowest BCUT2D eigenvalue weighted by atomic mass is 9.90. The fraction of sp³-hybridized carbons (Fsp3) is 0.152. The maximum atomic E-state index is 3.64. The van der Waals surface area contributed by atoms with E-state index >= 15 is 0 Å². The monoisotopic (exact) mass is 454 g/mol. The predicted octanol–water partition coefficient (Wildman–Crippen LogP) is 6.83. The zero-order valence-electron chi connectivity index (χ0n) is 20.1. The Morgan fingerprint density at radius 1 is 0.857 bits per heavy atom. The van der Waals surface area contributed by atoms with Crippen LogP contribution in [0.3, 0.4) is 0 Å². The smallest absolute Gasteiger partial charge is 0.0637 e. The molecule has 2 nitrogen and oxygen atoms in total. The van der Waals surface area contributed by atoms with Gasteiger partial charge in [-0.2, -0.15) is 0 Å². The lowest BCUT2D eigenvalue weighted by Gasteiger charge is -2.29. The molecular weight excluding hydrogens is 424 g/mol. The second-order valence-electron chi connectivity index (χ2n) is 9.56. The van der Waals surface area contributed by atoms with E-state index in [1.807, 2.05) is 0 Å². The first-order valence-electron chi connectivity index (χ1n) is 12.4. The molecule has 7 rings (SSSR count). The minimum atomic E-state index is 0.272. The summed E-state index contributed by atoms with van der Waals surface area (Å²) in [6.45, 7) is 8.29. The van der Waals surface area contributed by atoms with Crippen molar-refractivity contribution in [3.63, 3.8) is 0 Å². The Morgan fingerprint density at radius 2 is 1.63 bits per heavy atom. The molecule has 3 aliphatic rings. The van der Waals surface area contributed by atoms with E-state index in [9.17, 15) is 0 Å². The molecule has 2 heteroatoms. The number of aromatic amines is 1. The van der Waals surface area contributed by atoms with Crippen LogP contribution in [0.1, 0.15) is 30.4 Å². The van der Waals surface area contributed by atoms with Gasteiger partial charge < -0.3 is 9.88 Å². The lowest BCUT2D eigenvalue weighted by Crippen LogP contribution is -2.37. The topological polar surface area (TPSA) is 19.0 Å². The quantitative estimate of drug-likeness (QED) is 0.329. The van der Waals surface area contributed by atoms with Gasteiger partial charge in [0.05, 0.1) is 6.04 Å². The Labute approximate surface area is 206 Å². The van der Waals surface area contributed by atoms with Crippen LogP contribution in [0, 0.1) is 5.92 Å². The van der Waals surface area contributed by atoms with E-state index < -0.39 is 0 Å². The summed E-state index contributed by atoms with van der Waals surface area (Å²) >= 11 is 0. The Balaban J connectivity index is 0.00000112. The highest BCUT2D eigenvalue weighted by atomic mass is 15.2. The molecule has 4 aromatic rings. The molecule has 2 heterocycles. The zero-order chi connectivity index (χ0) is 23.9. The molecule has 0 amide bonds. The molecule has 0 fully saturated rings. The normalized spacial score (nSPS) is 21.6. The number of nitrogens with one attached hydrogen (secondary N) is 1. The Morgan fingerprint density at radius 3 is 2.46 bits per heavy atom. The summed E-state index contributed by atoms with van der Waals surface area (Å²) in [5, 5.41) is 3.88. The van der Waals surface area contributed by atoms with Crippen LogP contribution in [0.2, 0.25) is 0 Å². The number of aromatic nitrogens is 1. The summed E-state index contributed by atoms with van der Waals surface area (Å²) in [7, 11) is 0. The summed E-state index contributed by atoms with van der Waals surface area (Å²) in [5.41, 5.74) is 7.80. The van der Waals surface area contributed by atoms with E-state index in [0.29, 0.717) is 11.8 Å². The number of rotatable bonds is 2. The van der Waals surface area contributed by atoms with Gasteiger partial charge in [-0.3, -0.25) is 0 Å². The van der Waals surface area contributed by atoms with Crippen molar-refractivity contribution in [1.29, 1.82) is 0 Å². The average molecular weight is 455 g/mol. The maximum Gasteiger partial charge on any atom is 0.0637 e. The number of H-pyrrole nitrogens is 1. The Kier molecular flexibility index (Phi) is 5.30. The largest absolute Gasteiger partial charge is 0.355 e. The number of anilines is 2. The van der Waals surface area contributed by atoms with Crippen LogP contribution >= 0.6 is 0 Å². The van der Waals surface area contributed by atoms with Crippen molar-refractivity contribution >= 4 is 40.0 Å². The number of allylic oxidation sites excluding steroid dienone is 4. The van der Waals surface area contributed by atoms with Crippen LogP contribution in [0.25, 0.3) is 28.6 Å². The van der Waals surface area contributed by atoms with E-state index in [1.54, 1.807) is 0 Å². The highest BCUT2D eigenvalue weighted by Gasteiger charge is 2.38. The number of para-hydroxylation sites is 2. The average Bonchev–Trinajstić information content (AvgIpc) is 3.43.